The Morgan fingerprint density at radius 3 is 1.77 bits per heavy atom. The van der Waals surface area contributed by atoms with Gasteiger partial charge >= 0.3 is 59.1 Å². The molecule has 0 heterocycles. The molecule has 0 aliphatic carbocycles. The Hall–Kier alpha value is 0.0500. The molecule has 0 aliphatic rings. The van der Waals surface area contributed by atoms with E-state index in [0.717, 1.165) is 6.26 Å². The molecule has 0 aromatic heterocycles. The summed E-state index contributed by atoms with van der Waals surface area (Å²) in [6, 6.07) is 4.03. The van der Waals surface area contributed by atoms with E-state index in [1.165, 1.54) is 24.3 Å². The van der Waals surface area contributed by atoms with Gasteiger partial charge in [0, 0.05) is 18.2 Å². The van der Waals surface area contributed by atoms with Gasteiger partial charge < -0.3 is 30.2 Å². The van der Waals surface area contributed by atoms with Crippen molar-refractivity contribution in [1.29, 1.82) is 0 Å². The van der Waals surface area contributed by atoms with Crippen LogP contribution >= 0.6 is 23.2 Å². The van der Waals surface area contributed by atoms with Gasteiger partial charge in [-0.25, -0.2) is 12.8 Å². The van der Waals surface area contributed by atoms with E-state index < -0.39 is 64.2 Å². The number of alkyl halides is 3. The van der Waals surface area contributed by atoms with Crippen LogP contribution in [0.5, 0.6) is 0 Å². The van der Waals surface area contributed by atoms with Crippen LogP contribution in [-0.4, -0.2) is 55.2 Å². The smallest absolute Gasteiger partial charge is 0.550 e. The van der Waals surface area contributed by atoms with Crippen LogP contribution in [0.3, 0.4) is 0 Å². The topological polar surface area (TPSA) is 164 Å². The number of rotatable bonds is 9. The molecule has 0 saturated carbocycles. The molecule has 31 heavy (non-hydrogen) atoms. The summed E-state index contributed by atoms with van der Waals surface area (Å²) in [5, 5.41) is 31.2. The normalized spacial score (nSPS) is 12.2. The number of carboxylic acids is 2. The van der Waals surface area contributed by atoms with Crippen LogP contribution in [0.1, 0.15) is 24.5 Å². The maximum atomic E-state index is 12.9. The average molecular weight is 520 g/mol. The first-order chi connectivity index (χ1) is 13.3. The second-order valence-electron chi connectivity index (χ2n) is 5.60. The zero-order chi connectivity index (χ0) is 22.8. The maximum absolute atomic E-state index is 12.9. The van der Waals surface area contributed by atoms with Gasteiger partial charge in [0.05, 0.1) is 10.9 Å². The summed E-state index contributed by atoms with van der Waals surface area (Å²) < 4.78 is 35.6. The molecule has 15 heteroatoms. The van der Waals surface area contributed by atoms with Crippen molar-refractivity contribution in [3.63, 3.8) is 0 Å². The first kappa shape index (κ1) is 35.6. The summed E-state index contributed by atoms with van der Waals surface area (Å²) in [6.07, 6.45) is -1.26. The minimum Gasteiger partial charge on any atom is -0.550 e. The Kier molecular flexibility index (Phi) is 20.1. The van der Waals surface area contributed by atoms with Gasteiger partial charge in [0.2, 0.25) is 0 Å². The predicted molar refractivity (Wildman–Crippen MR) is 97.2 cm³/mol. The van der Waals surface area contributed by atoms with E-state index in [2.05, 4.69) is 5.32 Å². The zero-order valence-corrected chi connectivity index (χ0v) is 23.3. The third kappa shape index (κ3) is 15.5. The van der Waals surface area contributed by atoms with Gasteiger partial charge in [-0.3, -0.25) is 4.79 Å². The van der Waals surface area contributed by atoms with Crippen LogP contribution in [0.4, 0.5) is 4.39 Å². The van der Waals surface area contributed by atoms with E-state index in [0.29, 0.717) is 0 Å². The second-order valence-corrected chi connectivity index (χ2v) is 8.71. The number of carboxylic acid groups (broad SMARTS) is 2. The van der Waals surface area contributed by atoms with Crippen molar-refractivity contribution in [3.05, 3.63) is 29.8 Å². The van der Waals surface area contributed by atoms with Gasteiger partial charge in [0.1, 0.15) is 12.8 Å². The first-order valence-corrected chi connectivity index (χ1v) is 10.6. The molecular formula is C16H18Cl2FNNa2O8S. The number of nitrogens with one attached hydrogen (secondary N) is 1. The third-order valence-electron chi connectivity index (χ3n) is 3.26. The van der Waals surface area contributed by atoms with Crippen molar-refractivity contribution >= 4 is 50.9 Å². The number of amides is 1. The summed E-state index contributed by atoms with van der Waals surface area (Å²) in [4.78, 5) is 29.0. The molecule has 2 atom stereocenters. The number of hydrogen-bond acceptors (Lipinski definition) is 8. The molecule has 1 amide bonds. The molecule has 1 aromatic rings. The molecule has 1 rings (SSSR count). The molecule has 0 radical (unpaired) electrons. The van der Waals surface area contributed by atoms with Gasteiger partial charge in [0.25, 0.3) is 5.91 Å². The number of hydrogen-bond donors (Lipinski definition) is 2. The van der Waals surface area contributed by atoms with Crippen LogP contribution in [0, 0.1) is 0 Å². The average Bonchev–Trinajstić information content (AvgIpc) is 2.63. The molecule has 2 N–H and O–H groups in total. The largest absolute Gasteiger partial charge is 1.00 e. The molecule has 164 valence electrons. The number of aliphatic hydroxyl groups is 1. The fraction of sp³-hybridized carbons (Fsp3) is 0.438. The Morgan fingerprint density at radius 1 is 1.06 bits per heavy atom. The van der Waals surface area contributed by atoms with Crippen molar-refractivity contribution in [1.82, 2.24) is 5.32 Å². The van der Waals surface area contributed by atoms with Gasteiger partial charge in [0.15, 0.2) is 14.7 Å². The second kappa shape index (κ2) is 17.5. The predicted octanol–water partition coefficient (Wildman–Crippen LogP) is -7.34. The van der Waals surface area contributed by atoms with Crippen molar-refractivity contribution < 1.29 is 102 Å². The number of carbonyl (C=O) groups excluding carboxylic acids is 3. The number of benzene rings is 1. The van der Waals surface area contributed by atoms with Crippen LogP contribution in [0.25, 0.3) is 0 Å². The molecular weight excluding hydrogens is 502 g/mol. The van der Waals surface area contributed by atoms with E-state index in [1.807, 2.05) is 0 Å². The monoisotopic (exact) mass is 519 g/mol. The Morgan fingerprint density at radius 2 is 1.48 bits per heavy atom. The van der Waals surface area contributed by atoms with E-state index in [9.17, 15) is 42.5 Å². The summed E-state index contributed by atoms with van der Waals surface area (Å²) >= 11 is 10.7. The summed E-state index contributed by atoms with van der Waals surface area (Å²) in [5.41, 5.74) is 0.256. The number of carbonyl (C=O) groups is 3. The molecule has 0 bridgehead atoms. The molecule has 0 saturated heterocycles. The standard InChI is InChI=1S/C12H14Cl2FNO4S.C4H6O4.2Na/c1-21(19,20)8-4-2-7(3-5-8)10(17)9(6-15)16-12(18)11(13)14;5-3(6)1-2-4(7)8;;/h2-5,9-11,17H,6H2,1H3,(H,16,18);1-2H2,(H,5,6)(H,7,8);;/q;;2*+1/p-2/t9-,10-;;;/m1.../s1. The summed E-state index contributed by atoms with van der Waals surface area (Å²) in [6.45, 7) is -1.04. The number of halogens is 3. The third-order valence-corrected chi connectivity index (χ3v) is 4.78. The molecule has 1 aromatic carbocycles. The van der Waals surface area contributed by atoms with Crippen molar-refractivity contribution in [2.45, 2.75) is 34.7 Å². The quantitative estimate of drug-likeness (QED) is 0.240. The maximum Gasteiger partial charge on any atom is 1.00 e. The zero-order valence-electron chi connectivity index (χ0n) is 17.0. The van der Waals surface area contributed by atoms with E-state index in [-0.39, 0.29) is 69.6 Å². The molecule has 0 spiro atoms. The van der Waals surface area contributed by atoms with Gasteiger partial charge in [-0.15, -0.1) is 0 Å². The number of aliphatic hydroxyl groups excluding tert-OH is 1. The molecule has 0 unspecified atom stereocenters. The minimum absolute atomic E-state index is 0. The van der Waals surface area contributed by atoms with Gasteiger partial charge in [-0.05, 0) is 30.5 Å². The van der Waals surface area contributed by atoms with Crippen LogP contribution in [0.15, 0.2) is 29.2 Å². The summed E-state index contributed by atoms with van der Waals surface area (Å²) in [5.74, 6) is -3.56. The Balaban J connectivity index is -0.000000673. The van der Waals surface area contributed by atoms with Crippen molar-refractivity contribution in [3.8, 4) is 0 Å². The Bertz CT molecular complexity index is 798. The number of aliphatic carboxylic acids is 2. The van der Waals surface area contributed by atoms with Gasteiger partial charge in [-0.2, -0.15) is 0 Å². The van der Waals surface area contributed by atoms with Crippen LogP contribution in [-0.2, 0) is 24.2 Å². The SMILES string of the molecule is CS(=O)(=O)c1ccc([C@@H](O)[C@@H](CF)NC(=O)C(Cl)Cl)cc1.O=C([O-])CCC(=O)[O-].[Na+].[Na+]. The fourth-order valence-electron chi connectivity index (χ4n) is 1.80. The molecule has 0 fully saturated rings. The minimum atomic E-state index is -3.36. The van der Waals surface area contributed by atoms with E-state index in [4.69, 9.17) is 23.2 Å². The number of sulfone groups is 1. The molecule has 9 nitrogen and oxygen atoms in total. The van der Waals surface area contributed by atoms with Crippen molar-refractivity contribution in [2.75, 3.05) is 12.9 Å². The molecule has 0 aliphatic heterocycles. The first-order valence-electron chi connectivity index (χ1n) is 7.81. The van der Waals surface area contributed by atoms with E-state index >= 15 is 0 Å². The van der Waals surface area contributed by atoms with Crippen LogP contribution in [0.2, 0.25) is 0 Å². The van der Waals surface area contributed by atoms with Crippen LogP contribution < -0.4 is 74.6 Å². The van der Waals surface area contributed by atoms with Crippen molar-refractivity contribution in [2.24, 2.45) is 0 Å². The summed E-state index contributed by atoms with van der Waals surface area (Å²) in [7, 11) is -3.36. The van der Waals surface area contributed by atoms with Gasteiger partial charge in [-0.1, -0.05) is 35.3 Å². The fourth-order valence-corrected chi connectivity index (χ4v) is 2.55. The van der Waals surface area contributed by atoms with E-state index in [1.54, 1.807) is 0 Å². The Labute approximate surface area is 233 Å².